The summed E-state index contributed by atoms with van der Waals surface area (Å²) < 4.78 is 0. The summed E-state index contributed by atoms with van der Waals surface area (Å²) in [6.07, 6.45) is 5.71. The lowest BCUT2D eigenvalue weighted by molar-refractivity contribution is 0.235. The van der Waals surface area contributed by atoms with E-state index in [9.17, 15) is 0 Å². The fourth-order valence-corrected chi connectivity index (χ4v) is 2.93. The molecule has 1 aromatic heterocycles. The van der Waals surface area contributed by atoms with E-state index in [1.54, 1.807) is 0 Å². The van der Waals surface area contributed by atoms with Gasteiger partial charge in [-0.2, -0.15) is 0 Å². The van der Waals surface area contributed by atoms with Gasteiger partial charge < -0.3 is 10.2 Å². The Bertz CT molecular complexity index is 316. The second-order valence-corrected chi connectivity index (χ2v) is 5.95. The molecule has 1 aliphatic heterocycles. The Labute approximate surface area is 102 Å². The summed E-state index contributed by atoms with van der Waals surface area (Å²) in [6, 6.07) is 0.727. The van der Waals surface area contributed by atoms with Crippen LogP contribution in [0.25, 0.3) is 0 Å². The van der Waals surface area contributed by atoms with Gasteiger partial charge in [0, 0.05) is 23.7 Å². The molecule has 2 heterocycles. The van der Waals surface area contributed by atoms with Crippen molar-refractivity contribution in [2.75, 3.05) is 26.7 Å². The average molecular weight is 239 g/mol. The topological polar surface area (TPSA) is 28.2 Å². The SMILES string of the molecule is Cc1ncc(CCNC2CCN(C)CC2)s1. The number of thiazole rings is 1. The first-order valence-electron chi connectivity index (χ1n) is 6.07. The van der Waals surface area contributed by atoms with Crippen molar-refractivity contribution >= 4 is 11.3 Å². The quantitative estimate of drug-likeness (QED) is 0.866. The molecule has 1 fully saturated rings. The highest BCUT2D eigenvalue weighted by atomic mass is 32.1. The van der Waals surface area contributed by atoms with E-state index in [2.05, 4.69) is 29.2 Å². The van der Waals surface area contributed by atoms with Crippen molar-refractivity contribution in [3.05, 3.63) is 16.1 Å². The fourth-order valence-electron chi connectivity index (χ4n) is 2.13. The van der Waals surface area contributed by atoms with E-state index in [4.69, 9.17) is 0 Å². The van der Waals surface area contributed by atoms with Crippen LogP contribution in [0.1, 0.15) is 22.7 Å². The van der Waals surface area contributed by atoms with Crippen LogP contribution in [0.3, 0.4) is 0 Å². The minimum Gasteiger partial charge on any atom is -0.314 e. The molecule has 3 nitrogen and oxygen atoms in total. The number of nitrogens with zero attached hydrogens (tertiary/aromatic N) is 2. The molecule has 0 amide bonds. The normalized spacial score (nSPS) is 19.1. The maximum atomic E-state index is 4.28. The van der Waals surface area contributed by atoms with Gasteiger partial charge in [-0.1, -0.05) is 0 Å². The maximum Gasteiger partial charge on any atom is 0.0896 e. The van der Waals surface area contributed by atoms with Gasteiger partial charge >= 0.3 is 0 Å². The molecule has 0 spiro atoms. The molecule has 1 N–H and O–H groups in total. The second-order valence-electron chi connectivity index (χ2n) is 4.63. The van der Waals surface area contributed by atoms with E-state index in [1.165, 1.54) is 35.8 Å². The number of nitrogens with one attached hydrogen (secondary N) is 1. The van der Waals surface area contributed by atoms with Gasteiger partial charge in [0.15, 0.2) is 0 Å². The molecular weight excluding hydrogens is 218 g/mol. The molecule has 1 aliphatic rings. The van der Waals surface area contributed by atoms with Gasteiger partial charge in [0.25, 0.3) is 0 Å². The third kappa shape index (κ3) is 3.54. The van der Waals surface area contributed by atoms with E-state index >= 15 is 0 Å². The lowest BCUT2D eigenvalue weighted by atomic mass is 10.1. The number of piperidine rings is 1. The van der Waals surface area contributed by atoms with Crippen LogP contribution in [-0.2, 0) is 6.42 Å². The van der Waals surface area contributed by atoms with Crippen molar-refractivity contribution in [2.24, 2.45) is 0 Å². The molecule has 2 rings (SSSR count). The summed E-state index contributed by atoms with van der Waals surface area (Å²) in [6.45, 7) is 5.63. The number of likely N-dealkylation sites (tertiary alicyclic amines) is 1. The monoisotopic (exact) mass is 239 g/mol. The molecule has 4 heteroatoms. The van der Waals surface area contributed by atoms with Crippen LogP contribution in [0.4, 0.5) is 0 Å². The zero-order valence-electron chi connectivity index (χ0n) is 10.2. The molecule has 1 aromatic rings. The van der Waals surface area contributed by atoms with Crippen LogP contribution in [-0.4, -0.2) is 42.6 Å². The van der Waals surface area contributed by atoms with E-state index in [1.807, 2.05) is 17.5 Å². The van der Waals surface area contributed by atoms with Crippen LogP contribution in [0.2, 0.25) is 0 Å². The summed E-state index contributed by atoms with van der Waals surface area (Å²) in [5.74, 6) is 0. The van der Waals surface area contributed by atoms with Gasteiger partial charge in [0.1, 0.15) is 0 Å². The van der Waals surface area contributed by atoms with E-state index in [-0.39, 0.29) is 0 Å². The van der Waals surface area contributed by atoms with Crippen LogP contribution >= 0.6 is 11.3 Å². The predicted octanol–water partition coefficient (Wildman–Crippen LogP) is 1.68. The third-order valence-corrected chi connectivity index (χ3v) is 4.16. The molecule has 90 valence electrons. The molecule has 0 unspecified atom stereocenters. The van der Waals surface area contributed by atoms with Gasteiger partial charge in [-0.25, -0.2) is 4.98 Å². The van der Waals surface area contributed by atoms with Gasteiger partial charge in [0.05, 0.1) is 5.01 Å². The Morgan fingerprint density at radius 3 is 2.88 bits per heavy atom. The van der Waals surface area contributed by atoms with E-state index in [0.29, 0.717) is 0 Å². The predicted molar refractivity (Wildman–Crippen MR) is 69.1 cm³/mol. The number of hydrogen-bond donors (Lipinski definition) is 1. The smallest absolute Gasteiger partial charge is 0.0896 e. The molecule has 16 heavy (non-hydrogen) atoms. The average Bonchev–Trinajstić information content (AvgIpc) is 2.67. The zero-order valence-corrected chi connectivity index (χ0v) is 11.0. The van der Waals surface area contributed by atoms with Crippen molar-refractivity contribution in [3.63, 3.8) is 0 Å². The Morgan fingerprint density at radius 2 is 2.25 bits per heavy atom. The standard InChI is InChI=1S/C12H21N3S/c1-10-14-9-12(16-10)3-6-13-11-4-7-15(2)8-5-11/h9,11,13H,3-8H2,1-2H3. The highest BCUT2D eigenvalue weighted by Crippen LogP contribution is 2.12. The minimum atomic E-state index is 0.727. The summed E-state index contributed by atoms with van der Waals surface area (Å²) in [4.78, 5) is 8.08. The summed E-state index contributed by atoms with van der Waals surface area (Å²) in [5, 5.41) is 4.83. The maximum absolute atomic E-state index is 4.28. The molecule has 0 saturated carbocycles. The summed E-state index contributed by atoms with van der Waals surface area (Å²) >= 11 is 1.82. The molecule has 1 saturated heterocycles. The molecule has 0 atom stereocenters. The van der Waals surface area contributed by atoms with Crippen molar-refractivity contribution in [2.45, 2.75) is 32.2 Å². The molecule has 0 bridgehead atoms. The van der Waals surface area contributed by atoms with Gasteiger partial charge in [-0.05, 0) is 46.3 Å². The number of aryl methyl sites for hydroxylation is 1. The van der Waals surface area contributed by atoms with Crippen LogP contribution in [0, 0.1) is 6.92 Å². The molecule has 0 radical (unpaired) electrons. The fraction of sp³-hybridized carbons (Fsp3) is 0.750. The highest BCUT2D eigenvalue weighted by molar-refractivity contribution is 7.11. The first-order chi connectivity index (χ1) is 7.74. The van der Waals surface area contributed by atoms with Crippen LogP contribution in [0.5, 0.6) is 0 Å². The number of rotatable bonds is 4. The van der Waals surface area contributed by atoms with Crippen LogP contribution in [0.15, 0.2) is 6.20 Å². The first kappa shape index (κ1) is 12.0. The second kappa shape index (κ2) is 5.75. The Hall–Kier alpha value is -0.450. The Morgan fingerprint density at radius 1 is 1.50 bits per heavy atom. The zero-order chi connectivity index (χ0) is 11.4. The Balaban J connectivity index is 1.64. The summed E-state index contributed by atoms with van der Waals surface area (Å²) in [7, 11) is 2.20. The van der Waals surface area contributed by atoms with Gasteiger partial charge in [-0.15, -0.1) is 11.3 Å². The van der Waals surface area contributed by atoms with Crippen LogP contribution < -0.4 is 5.32 Å². The third-order valence-electron chi connectivity index (χ3n) is 3.19. The van der Waals surface area contributed by atoms with Gasteiger partial charge in [0.2, 0.25) is 0 Å². The largest absolute Gasteiger partial charge is 0.314 e. The Kier molecular flexibility index (Phi) is 4.32. The van der Waals surface area contributed by atoms with E-state index in [0.717, 1.165) is 19.0 Å². The number of aromatic nitrogens is 1. The van der Waals surface area contributed by atoms with E-state index < -0.39 is 0 Å². The summed E-state index contributed by atoms with van der Waals surface area (Å²) in [5.41, 5.74) is 0. The number of hydrogen-bond acceptors (Lipinski definition) is 4. The first-order valence-corrected chi connectivity index (χ1v) is 6.89. The van der Waals surface area contributed by atoms with Gasteiger partial charge in [-0.3, -0.25) is 0 Å². The highest BCUT2D eigenvalue weighted by Gasteiger charge is 2.15. The van der Waals surface area contributed by atoms with Crippen molar-refractivity contribution in [1.82, 2.24) is 15.2 Å². The van der Waals surface area contributed by atoms with Crippen molar-refractivity contribution in [1.29, 1.82) is 0 Å². The minimum absolute atomic E-state index is 0.727. The molecular formula is C12H21N3S. The lowest BCUT2D eigenvalue weighted by Gasteiger charge is -2.29. The molecule has 0 aliphatic carbocycles. The van der Waals surface area contributed by atoms with Crippen molar-refractivity contribution < 1.29 is 0 Å². The van der Waals surface area contributed by atoms with Crippen molar-refractivity contribution in [3.8, 4) is 0 Å². The molecule has 0 aromatic carbocycles. The lowest BCUT2D eigenvalue weighted by Crippen LogP contribution is -2.41.